The summed E-state index contributed by atoms with van der Waals surface area (Å²) in [5.74, 6) is -0.539. The Morgan fingerprint density at radius 3 is 2.21 bits per heavy atom. The number of phenolic OH excluding ortho intramolecular Hbond substituents is 1. The third kappa shape index (κ3) is 11.4. The van der Waals surface area contributed by atoms with E-state index in [1.165, 1.54) is 28.7 Å². The number of aromatic amines is 1. The SMILES string of the molecule is CC(Cc1ccc(OCC(=O)NCCN(C)[C@H]2CC[C@H](OC(C(=O)O)(c3cccs3)c3cccs3)CC2)cc1)NC[C@H](O[Si](C)(C)C(C)(C)C)c1ccc(O)c2[nH]c(=O)ccc12. The van der Waals surface area contributed by atoms with Crippen LogP contribution in [0.3, 0.4) is 0 Å². The summed E-state index contributed by atoms with van der Waals surface area (Å²) in [5.41, 5.74) is 0.659. The molecule has 2 aromatic carbocycles. The zero-order valence-corrected chi connectivity index (χ0v) is 39.5. The van der Waals surface area contributed by atoms with Crippen molar-refractivity contribution in [3.8, 4) is 11.5 Å². The van der Waals surface area contributed by atoms with Gasteiger partial charge in [0.25, 0.3) is 5.91 Å². The summed E-state index contributed by atoms with van der Waals surface area (Å²) in [6, 6.07) is 22.4. The second-order valence-corrected chi connectivity index (χ2v) is 24.6. The number of amides is 1. The highest BCUT2D eigenvalue weighted by Gasteiger charge is 2.48. The molecule has 12 nitrogen and oxygen atoms in total. The Hall–Kier alpha value is -4.35. The summed E-state index contributed by atoms with van der Waals surface area (Å²) in [6.07, 6.45) is 3.54. The van der Waals surface area contributed by atoms with E-state index in [1.807, 2.05) is 65.4 Å². The standard InChI is InChI=1S/C47H62N4O8S2Si/c1-31(49-29-39(59-62(6,7)46(2,3)4)36-20-22-38(52)44-37(36)21-23-42(53)50-44)28-32-12-16-34(17-13-32)57-30-43(54)48-24-25-51(5)33-14-18-35(19-15-33)58-47(45(55)56,40-10-8-26-60-40)41-11-9-27-61-41/h8-13,16-17,20-23,26-27,31,33,35,39,49,52H,14-15,18-19,24-25,28-30H2,1-7H3,(H,48,54)(H,50,53)(H,55,56)/t31?,33-,35-,39-/m0/s1. The highest BCUT2D eigenvalue weighted by atomic mass is 32.1. The number of aromatic nitrogens is 1. The number of nitrogens with one attached hydrogen (secondary N) is 3. The third-order valence-corrected chi connectivity index (χ3v) is 18.8. The average molecular weight is 903 g/mol. The first kappa shape index (κ1) is 47.1. The van der Waals surface area contributed by atoms with Crippen LogP contribution < -0.4 is 20.9 Å². The Bertz CT molecular complexity index is 2250. The van der Waals surface area contributed by atoms with Gasteiger partial charge in [0.1, 0.15) is 11.5 Å². The van der Waals surface area contributed by atoms with E-state index in [2.05, 4.69) is 68.4 Å². The molecular formula is C47H62N4O8S2Si. The molecule has 3 heterocycles. The summed E-state index contributed by atoms with van der Waals surface area (Å²) in [7, 11) is -0.149. The van der Waals surface area contributed by atoms with Gasteiger partial charge in [-0.05, 0) is 122 Å². The topological polar surface area (TPSA) is 162 Å². The van der Waals surface area contributed by atoms with Crippen molar-refractivity contribution in [1.29, 1.82) is 0 Å². The number of carbonyl (C=O) groups is 2. The van der Waals surface area contributed by atoms with Crippen LogP contribution >= 0.6 is 22.7 Å². The maximum Gasteiger partial charge on any atom is 0.347 e. The molecule has 6 rings (SSSR count). The van der Waals surface area contributed by atoms with E-state index in [-0.39, 0.29) is 47.1 Å². The van der Waals surface area contributed by atoms with Gasteiger partial charge in [-0.25, -0.2) is 4.79 Å². The number of H-pyrrole nitrogens is 1. The highest BCUT2D eigenvalue weighted by Crippen LogP contribution is 2.43. The number of aromatic hydroxyl groups is 1. The second kappa shape index (κ2) is 20.4. The molecule has 0 aliphatic heterocycles. The molecule has 0 saturated heterocycles. The fourth-order valence-electron chi connectivity index (χ4n) is 7.81. The molecule has 15 heteroatoms. The first-order valence-electron chi connectivity index (χ1n) is 21.4. The van der Waals surface area contributed by atoms with Gasteiger partial charge in [0.2, 0.25) is 11.2 Å². The zero-order valence-electron chi connectivity index (χ0n) is 36.9. The van der Waals surface area contributed by atoms with E-state index in [0.717, 1.165) is 48.6 Å². The van der Waals surface area contributed by atoms with Crippen molar-refractivity contribution < 1.29 is 33.7 Å². The first-order valence-corrected chi connectivity index (χ1v) is 26.1. The number of carbonyl (C=O) groups excluding carboxylic acids is 1. The average Bonchev–Trinajstić information content (AvgIpc) is 3.98. The van der Waals surface area contributed by atoms with Crippen LogP contribution in [0.5, 0.6) is 11.5 Å². The molecule has 334 valence electrons. The summed E-state index contributed by atoms with van der Waals surface area (Å²) >= 11 is 2.81. The van der Waals surface area contributed by atoms with Crippen molar-refractivity contribution in [3.63, 3.8) is 0 Å². The monoisotopic (exact) mass is 902 g/mol. The van der Waals surface area contributed by atoms with Crippen molar-refractivity contribution in [3.05, 3.63) is 115 Å². The lowest BCUT2D eigenvalue weighted by atomic mass is 9.90. The minimum absolute atomic E-state index is 0.0198. The number of hydrogen-bond acceptors (Lipinski definition) is 11. The van der Waals surface area contributed by atoms with Gasteiger partial charge in [0, 0.05) is 43.2 Å². The number of pyridine rings is 1. The van der Waals surface area contributed by atoms with Crippen LogP contribution in [0.1, 0.15) is 80.4 Å². The summed E-state index contributed by atoms with van der Waals surface area (Å²) in [6.45, 7) is 14.8. The lowest BCUT2D eigenvalue weighted by molar-refractivity contribution is -0.170. The van der Waals surface area contributed by atoms with Crippen LogP contribution in [0.25, 0.3) is 10.9 Å². The van der Waals surface area contributed by atoms with E-state index in [4.69, 9.17) is 13.9 Å². The minimum atomic E-state index is -2.21. The van der Waals surface area contributed by atoms with E-state index in [1.54, 1.807) is 12.1 Å². The van der Waals surface area contributed by atoms with Crippen molar-refractivity contribution in [2.24, 2.45) is 0 Å². The van der Waals surface area contributed by atoms with Crippen molar-refractivity contribution in [1.82, 2.24) is 20.5 Å². The molecule has 5 N–H and O–H groups in total. The Balaban J connectivity index is 0.933. The maximum absolute atomic E-state index is 12.8. The van der Waals surface area contributed by atoms with E-state index >= 15 is 0 Å². The lowest BCUT2D eigenvalue weighted by Crippen LogP contribution is -2.45. The molecule has 5 aromatic rings. The van der Waals surface area contributed by atoms with Crippen molar-refractivity contribution >= 4 is 53.8 Å². The zero-order chi connectivity index (χ0) is 44.7. The molecule has 1 aliphatic rings. The molecule has 2 atom stereocenters. The number of carboxylic acids is 1. The number of phenols is 1. The van der Waals surface area contributed by atoms with Crippen molar-refractivity contribution in [2.45, 2.75) is 108 Å². The number of hydrogen-bond donors (Lipinski definition) is 5. The predicted molar refractivity (Wildman–Crippen MR) is 250 cm³/mol. The molecule has 1 aliphatic carbocycles. The van der Waals surface area contributed by atoms with Gasteiger partial charge in [-0.3, -0.25) is 9.59 Å². The maximum atomic E-state index is 12.8. The van der Waals surface area contributed by atoms with E-state index in [9.17, 15) is 24.6 Å². The molecule has 1 saturated carbocycles. The molecule has 0 radical (unpaired) electrons. The molecule has 1 amide bonds. The number of ether oxygens (including phenoxy) is 2. The number of aliphatic carboxylic acids is 1. The van der Waals surface area contributed by atoms with Gasteiger partial charge in [0.15, 0.2) is 14.9 Å². The molecule has 62 heavy (non-hydrogen) atoms. The van der Waals surface area contributed by atoms with Crippen LogP contribution in [0.2, 0.25) is 18.1 Å². The number of benzene rings is 2. The van der Waals surface area contributed by atoms with Crippen LogP contribution in [0, 0.1) is 0 Å². The summed E-state index contributed by atoms with van der Waals surface area (Å²) < 4.78 is 19.3. The fraction of sp³-hybridized carbons (Fsp3) is 0.468. The fourth-order valence-corrected chi connectivity index (χ4v) is 10.9. The van der Waals surface area contributed by atoms with Gasteiger partial charge < -0.3 is 44.6 Å². The molecule has 0 bridgehead atoms. The number of thiophene rings is 2. The normalized spacial score (nSPS) is 17.2. The summed E-state index contributed by atoms with van der Waals surface area (Å²) in [5, 5.41) is 32.2. The summed E-state index contributed by atoms with van der Waals surface area (Å²) in [4.78, 5) is 44.0. The van der Waals surface area contributed by atoms with Gasteiger partial charge in [-0.2, -0.15) is 0 Å². The van der Waals surface area contributed by atoms with Crippen LogP contribution in [-0.4, -0.2) is 91.8 Å². The Morgan fingerprint density at radius 1 is 0.952 bits per heavy atom. The lowest BCUT2D eigenvalue weighted by Gasteiger charge is -2.40. The smallest absolute Gasteiger partial charge is 0.347 e. The van der Waals surface area contributed by atoms with Gasteiger partial charge in [0.05, 0.1) is 27.5 Å². The third-order valence-electron chi connectivity index (χ3n) is 12.4. The molecular weight excluding hydrogens is 841 g/mol. The van der Waals surface area contributed by atoms with Gasteiger partial charge in [-0.1, -0.05) is 51.1 Å². The van der Waals surface area contributed by atoms with Crippen molar-refractivity contribution in [2.75, 3.05) is 33.3 Å². The number of likely N-dealkylation sites (N-methyl/N-ethyl adjacent to an activating group) is 1. The number of fused-ring (bicyclic) bond motifs is 1. The predicted octanol–water partition coefficient (Wildman–Crippen LogP) is 8.42. The second-order valence-electron chi connectivity index (χ2n) is 17.9. The molecule has 1 unspecified atom stereocenters. The van der Waals surface area contributed by atoms with E-state index < -0.39 is 19.9 Å². The van der Waals surface area contributed by atoms with Gasteiger partial charge in [-0.15, -0.1) is 22.7 Å². The Kier molecular flexibility index (Phi) is 15.5. The van der Waals surface area contributed by atoms with Gasteiger partial charge >= 0.3 is 5.97 Å². The van der Waals surface area contributed by atoms with Crippen LogP contribution in [-0.2, 0) is 30.8 Å². The Morgan fingerprint density at radius 2 is 1.61 bits per heavy atom. The number of carboxylic acid groups (broad SMARTS) is 1. The quantitative estimate of drug-likeness (QED) is 0.0480. The van der Waals surface area contributed by atoms with E-state index in [0.29, 0.717) is 46.7 Å². The molecule has 0 spiro atoms. The van der Waals surface area contributed by atoms with Crippen LogP contribution in [0.4, 0.5) is 0 Å². The minimum Gasteiger partial charge on any atom is -0.506 e. The largest absolute Gasteiger partial charge is 0.506 e. The number of rotatable bonds is 20. The Labute approximate surface area is 373 Å². The highest BCUT2D eigenvalue weighted by molar-refractivity contribution is 7.12. The molecule has 3 aromatic heterocycles. The van der Waals surface area contributed by atoms with Crippen LogP contribution in [0.15, 0.2) is 88.4 Å². The number of nitrogens with zero attached hydrogens (tertiary/aromatic N) is 1. The first-order chi connectivity index (χ1) is 29.5. The molecule has 1 fully saturated rings.